The third kappa shape index (κ3) is 8.28. The lowest BCUT2D eigenvalue weighted by molar-refractivity contribution is -0.143. The van der Waals surface area contributed by atoms with Crippen LogP contribution in [0.4, 0.5) is 32.0 Å². The summed E-state index contributed by atoms with van der Waals surface area (Å²) in [6.07, 6.45) is -10.7. The van der Waals surface area contributed by atoms with E-state index in [0.717, 1.165) is 10.6 Å². The molecule has 41 heavy (non-hydrogen) atoms. The molecule has 3 nitrogen and oxygen atoms in total. The van der Waals surface area contributed by atoms with Gasteiger partial charge in [0.2, 0.25) is 0 Å². The van der Waals surface area contributed by atoms with Gasteiger partial charge in [-0.3, -0.25) is 0 Å². The number of thiocarbonyl (C=S) groups is 1. The summed E-state index contributed by atoms with van der Waals surface area (Å²) in [7, 11) is -1.05. The second kappa shape index (κ2) is 13.0. The molecule has 4 aromatic rings. The van der Waals surface area contributed by atoms with Crippen molar-refractivity contribution in [2.24, 2.45) is 0 Å². The van der Waals surface area contributed by atoms with Crippen LogP contribution < -0.4 is 21.2 Å². The Morgan fingerprint density at radius 3 is 1.59 bits per heavy atom. The molecule has 4 aromatic carbocycles. The van der Waals surface area contributed by atoms with Crippen molar-refractivity contribution in [2.45, 2.75) is 24.5 Å². The summed E-state index contributed by atoms with van der Waals surface area (Å²) in [5.74, 6) is 0. The number of alkyl halides is 6. The van der Waals surface area contributed by atoms with Gasteiger partial charge < -0.3 is 15.7 Å². The Morgan fingerprint density at radius 1 is 0.707 bits per heavy atom. The number of hydrogen-bond donors (Lipinski definition) is 3. The maximum Gasteiger partial charge on any atom is 0.416 e. The van der Waals surface area contributed by atoms with Crippen LogP contribution in [0.25, 0.3) is 0 Å². The number of aliphatic hydroxyl groups excluding tert-OH is 1. The molecule has 0 heterocycles. The van der Waals surface area contributed by atoms with Crippen LogP contribution in [0.5, 0.6) is 0 Å². The van der Waals surface area contributed by atoms with Gasteiger partial charge in [0.05, 0.1) is 23.3 Å². The van der Waals surface area contributed by atoms with E-state index in [-0.39, 0.29) is 11.2 Å². The predicted molar refractivity (Wildman–Crippen MR) is 155 cm³/mol. The van der Waals surface area contributed by atoms with Gasteiger partial charge in [-0.25, -0.2) is 0 Å². The van der Waals surface area contributed by atoms with E-state index in [1.54, 1.807) is 30.3 Å². The fourth-order valence-corrected chi connectivity index (χ4v) is 6.98. The Bertz CT molecular complexity index is 1360. The molecule has 0 aliphatic heterocycles. The Kier molecular flexibility index (Phi) is 9.68. The summed E-state index contributed by atoms with van der Waals surface area (Å²) >= 11 is 5.35. The normalized spacial score (nSPS) is 13.5. The highest BCUT2D eigenvalue weighted by Gasteiger charge is 2.37. The fraction of sp³-hybridized carbons (Fsp3) is 0.167. The van der Waals surface area contributed by atoms with Crippen LogP contribution in [-0.4, -0.2) is 22.4 Å². The molecule has 0 unspecified atom stereocenters. The van der Waals surface area contributed by atoms with Gasteiger partial charge in [-0.15, -0.1) is 0 Å². The van der Waals surface area contributed by atoms with Gasteiger partial charge in [-0.05, 0) is 60.7 Å². The highest BCUT2D eigenvalue weighted by atomic mass is 32.1. The summed E-state index contributed by atoms with van der Waals surface area (Å²) < 4.78 is 80.2. The number of rotatable bonds is 8. The maximum absolute atomic E-state index is 13.4. The van der Waals surface area contributed by atoms with Crippen LogP contribution in [-0.2, 0) is 12.4 Å². The molecule has 0 amide bonds. The number of halogens is 6. The highest BCUT2D eigenvalue weighted by Crippen LogP contribution is 2.39. The van der Waals surface area contributed by atoms with Gasteiger partial charge in [-0.1, -0.05) is 91.0 Å². The third-order valence-electron chi connectivity index (χ3n) is 6.20. The zero-order valence-corrected chi connectivity index (χ0v) is 23.0. The van der Waals surface area contributed by atoms with Gasteiger partial charge >= 0.3 is 12.4 Å². The molecule has 214 valence electrons. The van der Waals surface area contributed by atoms with Crippen LogP contribution in [0.15, 0.2) is 109 Å². The standard InChI is InChI=1S/C30H25F6N2OPS/c31-29(32,33)21-16-22(30(34,35)36)18-23(17-21)37-28(41)38-26(27(39)20-10-4-1-5-11-20)19-40(24-12-6-2-7-13-24)25-14-8-3-9-15-25/h1-18,26-27,39H,19H2,(H2,37,38,41)/t26-,27-/m0/s1. The van der Waals surface area contributed by atoms with E-state index in [0.29, 0.717) is 23.9 Å². The first kappa shape index (κ1) is 30.5. The molecule has 0 saturated heterocycles. The summed E-state index contributed by atoms with van der Waals surface area (Å²) in [6.45, 7) is 0. The van der Waals surface area contributed by atoms with E-state index >= 15 is 0 Å². The van der Waals surface area contributed by atoms with E-state index in [1.807, 2.05) is 60.7 Å². The molecule has 0 aliphatic carbocycles. The molecule has 0 radical (unpaired) electrons. The average Bonchev–Trinajstić information content (AvgIpc) is 2.95. The topological polar surface area (TPSA) is 44.3 Å². The Morgan fingerprint density at radius 2 is 1.15 bits per heavy atom. The van der Waals surface area contributed by atoms with Crippen molar-refractivity contribution in [3.63, 3.8) is 0 Å². The lowest BCUT2D eigenvalue weighted by Crippen LogP contribution is -2.44. The molecule has 2 atom stereocenters. The molecule has 0 aliphatic rings. The van der Waals surface area contributed by atoms with Crippen LogP contribution in [0, 0.1) is 0 Å². The van der Waals surface area contributed by atoms with Crippen LogP contribution in [0.1, 0.15) is 22.8 Å². The molecular formula is C30H25F6N2OPS. The van der Waals surface area contributed by atoms with E-state index in [9.17, 15) is 31.4 Å². The first-order valence-electron chi connectivity index (χ1n) is 12.4. The molecule has 4 rings (SSSR count). The Hall–Kier alpha value is -3.46. The van der Waals surface area contributed by atoms with Crippen LogP contribution >= 0.6 is 20.1 Å². The number of hydrogen-bond acceptors (Lipinski definition) is 2. The lowest BCUT2D eigenvalue weighted by atomic mass is 10.0. The number of benzene rings is 4. The molecule has 0 spiro atoms. The largest absolute Gasteiger partial charge is 0.416 e. The average molecular weight is 607 g/mol. The van der Waals surface area contributed by atoms with E-state index < -0.39 is 49.2 Å². The molecule has 0 saturated carbocycles. The Balaban J connectivity index is 1.66. The van der Waals surface area contributed by atoms with Crippen molar-refractivity contribution in [2.75, 3.05) is 11.5 Å². The first-order valence-corrected chi connectivity index (χ1v) is 14.3. The molecule has 3 N–H and O–H groups in total. The maximum atomic E-state index is 13.4. The molecule has 0 fully saturated rings. The second-order valence-corrected chi connectivity index (χ2v) is 11.8. The molecular weight excluding hydrogens is 581 g/mol. The van der Waals surface area contributed by atoms with Crippen molar-refractivity contribution >= 4 is 41.5 Å². The summed E-state index contributed by atoms with van der Waals surface area (Å²) in [5.41, 5.74) is -2.83. The van der Waals surface area contributed by atoms with Crippen molar-refractivity contribution in [1.82, 2.24) is 5.32 Å². The van der Waals surface area contributed by atoms with Crippen LogP contribution in [0.3, 0.4) is 0 Å². The zero-order chi connectivity index (χ0) is 29.6. The summed E-state index contributed by atoms with van der Waals surface area (Å²) in [4.78, 5) is 0. The second-order valence-electron chi connectivity index (χ2n) is 9.14. The SMILES string of the molecule is O[C@@H](c1ccccc1)[C@H](CP(c1ccccc1)c1ccccc1)NC(=S)Nc1cc(C(F)(F)F)cc(C(F)(F)F)c1. The molecule has 11 heteroatoms. The van der Waals surface area contributed by atoms with E-state index in [4.69, 9.17) is 12.2 Å². The van der Waals surface area contributed by atoms with Gasteiger partial charge in [0, 0.05) is 5.69 Å². The third-order valence-corrected chi connectivity index (χ3v) is 9.02. The lowest BCUT2D eigenvalue weighted by Gasteiger charge is -2.30. The highest BCUT2D eigenvalue weighted by molar-refractivity contribution is 7.80. The first-order chi connectivity index (χ1) is 19.4. The quantitative estimate of drug-likeness (QED) is 0.112. The van der Waals surface area contributed by atoms with Gasteiger partial charge in [0.15, 0.2) is 5.11 Å². The predicted octanol–water partition coefficient (Wildman–Crippen LogP) is 7.25. The van der Waals surface area contributed by atoms with Crippen molar-refractivity contribution in [3.05, 3.63) is 126 Å². The minimum Gasteiger partial charge on any atom is -0.386 e. The van der Waals surface area contributed by atoms with Crippen molar-refractivity contribution < 1.29 is 31.4 Å². The number of aliphatic hydroxyl groups is 1. The van der Waals surface area contributed by atoms with Gasteiger partial charge in [0.25, 0.3) is 0 Å². The zero-order valence-electron chi connectivity index (χ0n) is 21.3. The van der Waals surface area contributed by atoms with Crippen molar-refractivity contribution in [1.29, 1.82) is 0 Å². The number of anilines is 1. The molecule has 0 aromatic heterocycles. The minimum atomic E-state index is -5.00. The number of nitrogens with one attached hydrogen (secondary N) is 2. The van der Waals surface area contributed by atoms with Gasteiger partial charge in [-0.2, -0.15) is 26.3 Å². The fourth-order valence-electron chi connectivity index (χ4n) is 4.24. The summed E-state index contributed by atoms with van der Waals surface area (Å²) in [6, 6.07) is 28.5. The summed E-state index contributed by atoms with van der Waals surface area (Å²) in [5, 5.41) is 18.7. The smallest absolute Gasteiger partial charge is 0.386 e. The molecule has 0 bridgehead atoms. The van der Waals surface area contributed by atoms with Crippen molar-refractivity contribution in [3.8, 4) is 0 Å². The Labute approximate surface area is 240 Å². The van der Waals surface area contributed by atoms with E-state index in [2.05, 4.69) is 10.6 Å². The minimum absolute atomic E-state index is 0.0521. The monoisotopic (exact) mass is 606 g/mol. The van der Waals surface area contributed by atoms with Crippen LogP contribution in [0.2, 0.25) is 0 Å². The van der Waals surface area contributed by atoms with E-state index in [1.165, 1.54) is 0 Å². The van der Waals surface area contributed by atoms with Gasteiger partial charge in [0.1, 0.15) is 0 Å².